The van der Waals surface area contributed by atoms with E-state index in [2.05, 4.69) is 4.98 Å². The fourth-order valence-electron chi connectivity index (χ4n) is 2.60. The summed E-state index contributed by atoms with van der Waals surface area (Å²) in [6, 6.07) is 14.2. The Morgan fingerprint density at radius 3 is 2.71 bits per heavy atom. The highest BCUT2D eigenvalue weighted by atomic mass is 19.1. The number of benzene rings is 2. The highest BCUT2D eigenvalue weighted by molar-refractivity contribution is 5.75. The van der Waals surface area contributed by atoms with Crippen molar-refractivity contribution in [2.45, 2.75) is 18.9 Å². The molecule has 1 heterocycles. The third-order valence-electron chi connectivity index (χ3n) is 3.66. The first-order valence-corrected chi connectivity index (χ1v) is 6.96. The Hall–Kier alpha value is -2.20. The molecule has 3 rings (SSSR count). The van der Waals surface area contributed by atoms with Crippen molar-refractivity contribution in [3.63, 3.8) is 0 Å². The van der Waals surface area contributed by atoms with Gasteiger partial charge < -0.3 is 9.67 Å². The average Bonchev–Trinajstić information content (AvgIpc) is 2.76. The topological polar surface area (TPSA) is 38.0 Å². The summed E-state index contributed by atoms with van der Waals surface area (Å²) < 4.78 is 15.1. The lowest BCUT2D eigenvalue weighted by molar-refractivity contribution is 0.172. The lowest BCUT2D eigenvalue weighted by Gasteiger charge is -2.10. The number of fused-ring (bicyclic) bond motifs is 1. The lowest BCUT2D eigenvalue weighted by Crippen LogP contribution is -2.16. The summed E-state index contributed by atoms with van der Waals surface area (Å²) in [7, 11) is 1.94. The SMILES string of the molecule is Cn1c(CC(O)Cc2cccc(F)c2)nc2ccccc21. The van der Waals surface area contributed by atoms with Crippen LogP contribution in [0.4, 0.5) is 4.39 Å². The van der Waals surface area contributed by atoms with E-state index in [1.807, 2.05) is 41.9 Å². The average molecular weight is 284 g/mol. The van der Waals surface area contributed by atoms with E-state index < -0.39 is 6.10 Å². The van der Waals surface area contributed by atoms with E-state index in [0.717, 1.165) is 22.4 Å². The van der Waals surface area contributed by atoms with E-state index in [-0.39, 0.29) is 5.82 Å². The molecule has 21 heavy (non-hydrogen) atoms. The maximum atomic E-state index is 13.2. The minimum atomic E-state index is -0.581. The number of nitrogens with zero attached hydrogens (tertiary/aromatic N) is 2. The zero-order valence-corrected chi connectivity index (χ0v) is 11.8. The maximum Gasteiger partial charge on any atom is 0.123 e. The van der Waals surface area contributed by atoms with Gasteiger partial charge in [0.2, 0.25) is 0 Å². The molecule has 1 aromatic heterocycles. The molecule has 0 amide bonds. The molecule has 0 radical (unpaired) electrons. The predicted octanol–water partition coefficient (Wildman–Crippen LogP) is 2.86. The zero-order chi connectivity index (χ0) is 14.8. The first-order valence-electron chi connectivity index (χ1n) is 6.96. The zero-order valence-electron chi connectivity index (χ0n) is 11.8. The largest absolute Gasteiger partial charge is 0.392 e. The van der Waals surface area contributed by atoms with Crippen LogP contribution in [0, 0.1) is 5.82 Å². The van der Waals surface area contributed by atoms with Crippen LogP contribution >= 0.6 is 0 Å². The van der Waals surface area contributed by atoms with Gasteiger partial charge in [-0.2, -0.15) is 0 Å². The molecule has 3 aromatic rings. The second kappa shape index (κ2) is 5.66. The third-order valence-corrected chi connectivity index (χ3v) is 3.66. The number of aromatic nitrogens is 2. The van der Waals surface area contributed by atoms with E-state index in [1.165, 1.54) is 12.1 Å². The fourth-order valence-corrected chi connectivity index (χ4v) is 2.60. The number of aryl methyl sites for hydroxylation is 1. The summed E-state index contributed by atoms with van der Waals surface area (Å²) in [6.07, 6.45) is 0.283. The summed E-state index contributed by atoms with van der Waals surface area (Å²) >= 11 is 0. The molecule has 0 aliphatic carbocycles. The van der Waals surface area contributed by atoms with Crippen LogP contribution in [0.5, 0.6) is 0 Å². The van der Waals surface area contributed by atoms with Gasteiger partial charge in [0.15, 0.2) is 0 Å². The standard InChI is InChI=1S/C17H17FN2O/c1-20-16-8-3-2-7-15(16)19-17(20)11-14(21)10-12-5-4-6-13(18)9-12/h2-9,14,21H,10-11H2,1H3. The van der Waals surface area contributed by atoms with Gasteiger partial charge in [-0.05, 0) is 36.2 Å². The Labute approximate surface area is 122 Å². The lowest BCUT2D eigenvalue weighted by atomic mass is 10.1. The number of rotatable bonds is 4. The summed E-state index contributed by atoms with van der Waals surface area (Å²) in [6.45, 7) is 0. The number of halogens is 1. The van der Waals surface area contributed by atoms with Crippen LogP contribution in [-0.4, -0.2) is 20.8 Å². The molecular formula is C17H17FN2O. The van der Waals surface area contributed by atoms with Crippen molar-refractivity contribution in [2.75, 3.05) is 0 Å². The van der Waals surface area contributed by atoms with Crippen molar-refractivity contribution >= 4 is 11.0 Å². The van der Waals surface area contributed by atoms with Crippen molar-refractivity contribution in [1.82, 2.24) is 9.55 Å². The Kier molecular flexibility index (Phi) is 3.71. The summed E-state index contributed by atoms with van der Waals surface area (Å²) in [5, 5.41) is 10.2. The van der Waals surface area contributed by atoms with Crippen molar-refractivity contribution < 1.29 is 9.50 Å². The summed E-state index contributed by atoms with van der Waals surface area (Å²) in [5.41, 5.74) is 2.76. The van der Waals surface area contributed by atoms with E-state index in [0.29, 0.717) is 12.8 Å². The first kappa shape index (κ1) is 13.8. The molecule has 2 aromatic carbocycles. The van der Waals surface area contributed by atoms with Gasteiger partial charge >= 0.3 is 0 Å². The second-order valence-electron chi connectivity index (χ2n) is 5.27. The van der Waals surface area contributed by atoms with Crippen LogP contribution < -0.4 is 0 Å². The van der Waals surface area contributed by atoms with Crippen molar-refractivity contribution in [2.24, 2.45) is 7.05 Å². The summed E-state index contributed by atoms with van der Waals surface area (Å²) in [5.74, 6) is 0.558. The third kappa shape index (κ3) is 2.95. The number of aliphatic hydroxyl groups is 1. The number of aliphatic hydroxyl groups excluding tert-OH is 1. The van der Waals surface area contributed by atoms with Crippen LogP contribution in [0.3, 0.4) is 0 Å². The van der Waals surface area contributed by atoms with Gasteiger partial charge in [-0.3, -0.25) is 0 Å². The number of imidazole rings is 1. The van der Waals surface area contributed by atoms with Gasteiger partial charge in [0, 0.05) is 13.5 Å². The van der Waals surface area contributed by atoms with E-state index in [1.54, 1.807) is 6.07 Å². The molecule has 1 unspecified atom stereocenters. The maximum absolute atomic E-state index is 13.2. The fraction of sp³-hybridized carbons (Fsp3) is 0.235. The molecule has 0 saturated heterocycles. The molecule has 3 nitrogen and oxygen atoms in total. The molecule has 1 atom stereocenters. The smallest absolute Gasteiger partial charge is 0.123 e. The number of hydrogen-bond donors (Lipinski definition) is 1. The first-order chi connectivity index (χ1) is 10.1. The minimum absolute atomic E-state index is 0.276. The van der Waals surface area contributed by atoms with E-state index in [4.69, 9.17) is 0 Å². The van der Waals surface area contributed by atoms with Gasteiger partial charge in [0.1, 0.15) is 11.6 Å². The molecule has 4 heteroatoms. The van der Waals surface area contributed by atoms with Gasteiger partial charge in [-0.1, -0.05) is 24.3 Å². The van der Waals surface area contributed by atoms with Crippen molar-refractivity contribution in [3.8, 4) is 0 Å². The van der Waals surface area contributed by atoms with Crippen LogP contribution in [0.25, 0.3) is 11.0 Å². The Morgan fingerprint density at radius 2 is 1.95 bits per heavy atom. The number of para-hydroxylation sites is 2. The molecule has 108 valence electrons. The quantitative estimate of drug-likeness (QED) is 0.800. The van der Waals surface area contributed by atoms with Gasteiger partial charge in [0.25, 0.3) is 0 Å². The van der Waals surface area contributed by atoms with Gasteiger partial charge in [-0.15, -0.1) is 0 Å². The predicted molar refractivity (Wildman–Crippen MR) is 80.5 cm³/mol. The van der Waals surface area contributed by atoms with Crippen LogP contribution in [0.1, 0.15) is 11.4 Å². The number of hydrogen-bond acceptors (Lipinski definition) is 2. The molecular weight excluding hydrogens is 267 g/mol. The van der Waals surface area contributed by atoms with Gasteiger partial charge in [-0.25, -0.2) is 9.37 Å². The molecule has 0 fully saturated rings. The Morgan fingerprint density at radius 1 is 1.14 bits per heavy atom. The Balaban J connectivity index is 1.77. The molecule has 1 N–H and O–H groups in total. The molecule has 0 saturated carbocycles. The van der Waals surface area contributed by atoms with Crippen LogP contribution in [0.15, 0.2) is 48.5 Å². The van der Waals surface area contributed by atoms with Crippen LogP contribution in [0.2, 0.25) is 0 Å². The highest BCUT2D eigenvalue weighted by Gasteiger charge is 2.13. The van der Waals surface area contributed by atoms with E-state index in [9.17, 15) is 9.50 Å². The molecule has 0 bridgehead atoms. The highest BCUT2D eigenvalue weighted by Crippen LogP contribution is 2.16. The molecule has 0 spiro atoms. The van der Waals surface area contributed by atoms with Crippen LogP contribution in [-0.2, 0) is 19.9 Å². The minimum Gasteiger partial charge on any atom is -0.392 e. The van der Waals surface area contributed by atoms with E-state index >= 15 is 0 Å². The normalized spacial score (nSPS) is 12.7. The molecule has 0 aliphatic heterocycles. The summed E-state index contributed by atoms with van der Waals surface area (Å²) in [4.78, 5) is 4.54. The second-order valence-corrected chi connectivity index (χ2v) is 5.27. The van der Waals surface area contributed by atoms with Crippen molar-refractivity contribution in [3.05, 3.63) is 65.7 Å². The molecule has 0 aliphatic rings. The monoisotopic (exact) mass is 284 g/mol. The Bertz CT molecular complexity index is 766. The van der Waals surface area contributed by atoms with Crippen molar-refractivity contribution in [1.29, 1.82) is 0 Å². The van der Waals surface area contributed by atoms with Gasteiger partial charge in [0.05, 0.1) is 17.1 Å².